The number of hydrogen-bond acceptors (Lipinski definition) is 4. The van der Waals surface area contributed by atoms with E-state index in [9.17, 15) is 9.59 Å². The Hall–Kier alpha value is -2.73. The molecule has 2 amide bonds. The van der Waals surface area contributed by atoms with E-state index in [1.807, 2.05) is 12.1 Å². The molecule has 0 bridgehead atoms. The zero-order valence-corrected chi connectivity index (χ0v) is 14.0. The third-order valence-electron chi connectivity index (χ3n) is 3.73. The predicted molar refractivity (Wildman–Crippen MR) is 92.2 cm³/mol. The van der Waals surface area contributed by atoms with E-state index in [1.165, 1.54) is 6.20 Å². The number of rotatable bonds is 6. The third-order valence-corrected chi connectivity index (χ3v) is 3.73. The minimum Gasteiger partial charge on any atom is -0.300 e. The van der Waals surface area contributed by atoms with Crippen LogP contribution in [-0.2, 0) is 6.54 Å². The molecule has 6 heteroatoms. The maximum Gasteiger partial charge on any atom is 0.271 e. The molecule has 6 nitrogen and oxygen atoms in total. The molecule has 126 valence electrons. The van der Waals surface area contributed by atoms with Gasteiger partial charge in [0.25, 0.3) is 11.8 Å². The Morgan fingerprint density at radius 3 is 2.12 bits per heavy atom. The standard InChI is InChI=1S/C18H22N4O2/c1-3-22(4-2)13-14-7-9-15(10-8-14)17(23)20-21-18(24)16-6-5-11-19-12-16/h5-12H,3-4,13H2,1-2H3,(H,20,23)(H,21,24). The topological polar surface area (TPSA) is 74.3 Å². The van der Waals surface area contributed by atoms with E-state index in [1.54, 1.807) is 30.5 Å². The zero-order chi connectivity index (χ0) is 17.4. The van der Waals surface area contributed by atoms with Crippen LogP contribution in [0.4, 0.5) is 0 Å². The van der Waals surface area contributed by atoms with E-state index in [4.69, 9.17) is 0 Å². The molecule has 0 aliphatic heterocycles. The molecular weight excluding hydrogens is 304 g/mol. The average molecular weight is 326 g/mol. The van der Waals surface area contributed by atoms with E-state index in [0.29, 0.717) is 11.1 Å². The highest BCUT2D eigenvalue weighted by atomic mass is 16.2. The minimum absolute atomic E-state index is 0.360. The van der Waals surface area contributed by atoms with Crippen LogP contribution in [-0.4, -0.2) is 34.8 Å². The Morgan fingerprint density at radius 2 is 1.58 bits per heavy atom. The van der Waals surface area contributed by atoms with E-state index in [-0.39, 0.29) is 5.91 Å². The molecule has 0 radical (unpaired) electrons. The fraction of sp³-hybridized carbons (Fsp3) is 0.278. The Bertz CT molecular complexity index is 667. The monoisotopic (exact) mass is 326 g/mol. The first kappa shape index (κ1) is 17.6. The van der Waals surface area contributed by atoms with Gasteiger partial charge >= 0.3 is 0 Å². The molecule has 1 aromatic heterocycles. The average Bonchev–Trinajstić information content (AvgIpc) is 2.65. The molecule has 0 saturated heterocycles. The van der Waals surface area contributed by atoms with Gasteiger partial charge in [0, 0.05) is 24.5 Å². The maximum atomic E-state index is 12.1. The summed E-state index contributed by atoms with van der Waals surface area (Å²) in [6.45, 7) is 7.07. The minimum atomic E-state index is -0.408. The number of nitrogens with zero attached hydrogens (tertiary/aromatic N) is 2. The number of amides is 2. The van der Waals surface area contributed by atoms with E-state index < -0.39 is 5.91 Å². The Labute approximate surface area is 141 Å². The highest BCUT2D eigenvalue weighted by Gasteiger charge is 2.09. The van der Waals surface area contributed by atoms with Crippen LogP contribution in [0.25, 0.3) is 0 Å². The quantitative estimate of drug-likeness (QED) is 0.796. The first-order valence-corrected chi connectivity index (χ1v) is 7.96. The molecule has 0 fully saturated rings. The number of nitrogens with one attached hydrogen (secondary N) is 2. The normalized spacial score (nSPS) is 10.5. The van der Waals surface area contributed by atoms with Gasteiger partial charge in [-0.15, -0.1) is 0 Å². The predicted octanol–water partition coefficient (Wildman–Crippen LogP) is 2.00. The van der Waals surface area contributed by atoms with E-state index in [0.717, 1.165) is 25.2 Å². The second-order valence-electron chi connectivity index (χ2n) is 5.31. The fourth-order valence-electron chi connectivity index (χ4n) is 2.22. The van der Waals surface area contributed by atoms with Gasteiger partial charge in [0.15, 0.2) is 0 Å². The lowest BCUT2D eigenvalue weighted by atomic mass is 10.1. The summed E-state index contributed by atoms with van der Waals surface area (Å²) < 4.78 is 0. The third kappa shape index (κ3) is 4.89. The second kappa shape index (κ2) is 8.79. The smallest absolute Gasteiger partial charge is 0.271 e. The number of aromatic nitrogens is 1. The van der Waals surface area contributed by atoms with Crippen LogP contribution in [0.1, 0.15) is 40.1 Å². The van der Waals surface area contributed by atoms with Crippen LogP contribution in [0.5, 0.6) is 0 Å². The molecule has 1 aromatic carbocycles. The number of pyridine rings is 1. The molecule has 0 saturated carbocycles. The lowest BCUT2D eigenvalue weighted by molar-refractivity contribution is 0.0846. The molecule has 2 rings (SSSR count). The Kier molecular flexibility index (Phi) is 6.45. The Balaban J connectivity index is 1.89. The SMILES string of the molecule is CCN(CC)Cc1ccc(C(=O)NNC(=O)c2cccnc2)cc1. The summed E-state index contributed by atoms with van der Waals surface area (Å²) in [5.74, 6) is -0.767. The van der Waals surface area contributed by atoms with Gasteiger partial charge in [-0.1, -0.05) is 26.0 Å². The van der Waals surface area contributed by atoms with Gasteiger partial charge in [-0.3, -0.25) is 30.3 Å². The lowest BCUT2D eigenvalue weighted by Gasteiger charge is -2.18. The summed E-state index contributed by atoms with van der Waals surface area (Å²) in [5, 5.41) is 0. The van der Waals surface area contributed by atoms with Crippen molar-refractivity contribution in [1.82, 2.24) is 20.7 Å². The Morgan fingerprint density at radius 1 is 0.958 bits per heavy atom. The number of carbonyl (C=O) groups excluding carboxylic acids is 2. The molecule has 0 atom stereocenters. The highest BCUT2D eigenvalue weighted by molar-refractivity contribution is 5.98. The molecule has 0 unspecified atom stereocenters. The molecule has 0 spiro atoms. The van der Waals surface area contributed by atoms with Gasteiger partial charge in [0.2, 0.25) is 0 Å². The number of hydrazine groups is 1. The van der Waals surface area contributed by atoms with Gasteiger partial charge in [0.1, 0.15) is 0 Å². The summed E-state index contributed by atoms with van der Waals surface area (Å²) in [6.07, 6.45) is 3.01. The first-order chi connectivity index (χ1) is 11.6. The summed E-state index contributed by atoms with van der Waals surface area (Å²) in [5.41, 5.74) is 6.80. The summed E-state index contributed by atoms with van der Waals surface area (Å²) in [4.78, 5) is 30.1. The van der Waals surface area contributed by atoms with Crippen LogP contribution in [0, 0.1) is 0 Å². The summed E-state index contributed by atoms with van der Waals surface area (Å²) >= 11 is 0. The number of carbonyl (C=O) groups is 2. The van der Waals surface area contributed by atoms with Crippen LogP contribution in [0.2, 0.25) is 0 Å². The molecule has 2 aromatic rings. The second-order valence-corrected chi connectivity index (χ2v) is 5.31. The molecular formula is C18H22N4O2. The van der Waals surface area contributed by atoms with Crippen molar-refractivity contribution in [1.29, 1.82) is 0 Å². The van der Waals surface area contributed by atoms with E-state index in [2.05, 4.69) is 34.6 Å². The van der Waals surface area contributed by atoms with Crippen molar-refractivity contribution in [2.75, 3.05) is 13.1 Å². The molecule has 24 heavy (non-hydrogen) atoms. The zero-order valence-electron chi connectivity index (χ0n) is 14.0. The van der Waals surface area contributed by atoms with Crippen LogP contribution in [0.15, 0.2) is 48.8 Å². The van der Waals surface area contributed by atoms with Crippen molar-refractivity contribution in [3.05, 3.63) is 65.5 Å². The summed E-state index contributed by atoms with van der Waals surface area (Å²) in [7, 11) is 0. The van der Waals surface area contributed by atoms with Crippen molar-refractivity contribution in [2.45, 2.75) is 20.4 Å². The lowest BCUT2D eigenvalue weighted by Crippen LogP contribution is -2.41. The number of hydrogen-bond donors (Lipinski definition) is 2. The van der Waals surface area contributed by atoms with Gasteiger partial charge in [-0.2, -0.15) is 0 Å². The van der Waals surface area contributed by atoms with Crippen molar-refractivity contribution in [3.63, 3.8) is 0 Å². The highest BCUT2D eigenvalue weighted by Crippen LogP contribution is 2.07. The summed E-state index contributed by atoms with van der Waals surface area (Å²) in [6, 6.07) is 10.6. The van der Waals surface area contributed by atoms with Gasteiger partial charge in [0.05, 0.1) is 5.56 Å². The van der Waals surface area contributed by atoms with Crippen molar-refractivity contribution in [2.24, 2.45) is 0 Å². The van der Waals surface area contributed by atoms with Crippen molar-refractivity contribution < 1.29 is 9.59 Å². The van der Waals surface area contributed by atoms with Gasteiger partial charge < -0.3 is 0 Å². The maximum absolute atomic E-state index is 12.1. The first-order valence-electron chi connectivity index (χ1n) is 7.96. The number of benzene rings is 1. The van der Waals surface area contributed by atoms with E-state index >= 15 is 0 Å². The van der Waals surface area contributed by atoms with Crippen molar-refractivity contribution >= 4 is 11.8 Å². The van der Waals surface area contributed by atoms with Gasteiger partial charge in [-0.05, 0) is 42.9 Å². The largest absolute Gasteiger partial charge is 0.300 e. The van der Waals surface area contributed by atoms with Crippen molar-refractivity contribution in [3.8, 4) is 0 Å². The van der Waals surface area contributed by atoms with Crippen LogP contribution >= 0.6 is 0 Å². The molecule has 2 N–H and O–H groups in total. The molecule has 0 aliphatic rings. The van der Waals surface area contributed by atoms with Gasteiger partial charge in [-0.25, -0.2) is 0 Å². The van der Waals surface area contributed by atoms with Crippen LogP contribution < -0.4 is 10.9 Å². The molecule has 1 heterocycles. The molecule has 0 aliphatic carbocycles. The fourth-order valence-corrected chi connectivity index (χ4v) is 2.22. The van der Waals surface area contributed by atoms with Crippen LogP contribution in [0.3, 0.4) is 0 Å².